The number of aromatic nitrogens is 2. The molecule has 0 radical (unpaired) electrons. The highest BCUT2D eigenvalue weighted by atomic mass is 79.9. The standard InChI is InChI=1S/C24H19BrN4O2S/c1-16-7-2-5-12-21(16)29-23(31)19-10-3-4-11-20(19)27-24(29)32-15-22(30)28-26-14-17-8-6-9-18(25)13-17/h2-14H,15H2,1H3,(H,28,30). The van der Waals surface area contributed by atoms with Crippen LogP contribution in [0.4, 0.5) is 0 Å². The average molecular weight is 507 g/mol. The van der Waals surface area contributed by atoms with Gasteiger partial charge in [-0.1, -0.05) is 70.2 Å². The van der Waals surface area contributed by atoms with Gasteiger partial charge in [0.15, 0.2) is 5.16 Å². The minimum absolute atomic E-state index is 0.0620. The van der Waals surface area contributed by atoms with Crippen molar-refractivity contribution < 1.29 is 4.79 Å². The van der Waals surface area contributed by atoms with Gasteiger partial charge in [0.1, 0.15) is 0 Å². The molecule has 1 heterocycles. The average Bonchev–Trinajstić information content (AvgIpc) is 2.79. The number of halogens is 1. The lowest BCUT2D eigenvalue weighted by atomic mass is 10.2. The number of thioether (sulfide) groups is 1. The van der Waals surface area contributed by atoms with Gasteiger partial charge in [0.2, 0.25) is 0 Å². The van der Waals surface area contributed by atoms with E-state index in [2.05, 4.69) is 31.4 Å². The molecule has 3 aromatic carbocycles. The van der Waals surface area contributed by atoms with Crippen molar-refractivity contribution in [3.63, 3.8) is 0 Å². The van der Waals surface area contributed by atoms with Crippen LogP contribution in [0, 0.1) is 6.92 Å². The Morgan fingerprint density at radius 2 is 1.91 bits per heavy atom. The van der Waals surface area contributed by atoms with Crippen LogP contribution in [0.15, 0.2) is 92.3 Å². The third kappa shape index (κ3) is 4.98. The van der Waals surface area contributed by atoms with Crippen LogP contribution in [0.3, 0.4) is 0 Å². The lowest BCUT2D eigenvalue weighted by molar-refractivity contribution is -0.118. The van der Waals surface area contributed by atoms with E-state index in [0.717, 1.165) is 21.3 Å². The zero-order chi connectivity index (χ0) is 22.5. The Balaban J connectivity index is 1.58. The number of fused-ring (bicyclic) bond motifs is 1. The lowest BCUT2D eigenvalue weighted by Crippen LogP contribution is -2.24. The van der Waals surface area contributed by atoms with Crippen molar-refractivity contribution in [3.05, 3.63) is 98.7 Å². The number of benzene rings is 3. The van der Waals surface area contributed by atoms with E-state index < -0.39 is 0 Å². The van der Waals surface area contributed by atoms with Crippen LogP contribution in [0.5, 0.6) is 0 Å². The summed E-state index contributed by atoms with van der Waals surface area (Å²) in [6.45, 7) is 1.94. The van der Waals surface area contributed by atoms with Crippen molar-refractivity contribution in [1.82, 2.24) is 15.0 Å². The van der Waals surface area contributed by atoms with Crippen LogP contribution in [0.1, 0.15) is 11.1 Å². The number of nitrogens with one attached hydrogen (secondary N) is 1. The van der Waals surface area contributed by atoms with Crippen molar-refractivity contribution in [2.45, 2.75) is 12.1 Å². The van der Waals surface area contributed by atoms with Gasteiger partial charge in [0.25, 0.3) is 11.5 Å². The van der Waals surface area contributed by atoms with E-state index in [4.69, 9.17) is 0 Å². The van der Waals surface area contributed by atoms with E-state index in [0.29, 0.717) is 16.1 Å². The fourth-order valence-corrected chi connectivity index (χ4v) is 4.38. The van der Waals surface area contributed by atoms with Crippen LogP contribution in [0.2, 0.25) is 0 Å². The zero-order valence-electron chi connectivity index (χ0n) is 17.2. The molecule has 1 aromatic heterocycles. The first-order valence-corrected chi connectivity index (χ1v) is 11.6. The number of para-hydroxylation sites is 2. The number of hydrogen-bond acceptors (Lipinski definition) is 5. The highest BCUT2D eigenvalue weighted by Crippen LogP contribution is 2.23. The third-order valence-electron chi connectivity index (χ3n) is 4.69. The maximum atomic E-state index is 13.3. The smallest absolute Gasteiger partial charge is 0.266 e. The molecular formula is C24H19BrN4O2S. The first-order valence-electron chi connectivity index (χ1n) is 9.81. The molecule has 0 saturated carbocycles. The van der Waals surface area contributed by atoms with Crippen LogP contribution in [-0.2, 0) is 4.79 Å². The number of hydrazone groups is 1. The molecule has 4 rings (SSSR count). The molecule has 1 N–H and O–H groups in total. The van der Waals surface area contributed by atoms with Gasteiger partial charge in [-0.05, 0) is 48.4 Å². The van der Waals surface area contributed by atoms with Crippen molar-refractivity contribution in [2.75, 3.05) is 5.75 Å². The van der Waals surface area contributed by atoms with E-state index in [1.165, 1.54) is 11.8 Å². The monoisotopic (exact) mass is 506 g/mol. The summed E-state index contributed by atoms with van der Waals surface area (Å²) in [7, 11) is 0. The Morgan fingerprint density at radius 1 is 1.12 bits per heavy atom. The predicted molar refractivity (Wildman–Crippen MR) is 133 cm³/mol. The third-order valence-corrected chi connectivity index (χ3v) is 6.12. The quantitative estimate of drug-likeness (QED) is 0.178. The Bertz CT molecular complexity index is 1380. The largest absolute Gasteiger partial charge is 0.272 e. The van der Waals surface area contributed by atoms with E-state index in [9.17, 15) is 9.59 Å². The van der Waals surface area contributed by atoms with Gasteiger partial charge < -0.3 is 0 Å². The molecule has 160 valence electrons. The molecule has 0 aliphatic heterocycles. The summed E-state index contributed by atoms with van der Waals surface area (Å²) in [4.78, 5) is 30.3. The van der Waals surface area contributed by atoms with E-state index in [-0.39, 0.29) is 17.2 Å². The minimum Gasteiger partial charge on any atom is -0.272 e. The number of rotatable bonds is 6. The van der Waals surface area contributed by atoms with E-state index in [1.807, 2.05) is 67.6 Å². The van der Waals surface area contributed by atoms with Crippen LogP contribution >= 0.6 is 27.7 Å². The van der Waals surface area contributed by atoms with Crippen LogP contribution in [-0.4, -0.2) is 27.4 Å². The summed E-state index contributed by atoms with van der Waals surface area (Å²) in [5.41, 5.74) is 5.49. The van der Waals surface area contributed by atoms with Gasteiger partial charge in [-0.3, -0.25) is 14.2 Å². The van der Waals surface area contributed by atoms with Crippen molar-refractivity contribution in [3.8, 4) is 5.69 Å². The first-order chi connectivity index (χ1) is 15.5. The Kier molecular flexibility index (Phi) is 6.82. The number of carbonyl (C=O) groups excluding carboxylic acids is 1. The second-order valence-corrected chi connectivity index (χ2v) is 8.83. The van der Waals surface area contributed by atoms with Gasteiger partial charge in [0, 0.05) is 4.47 Å². The number of amides is 1. The first kappa shape index (κ1) is 22.0. The molecule has 0 aliphatic rings. The SMILES string of the molecule is Cc1ccccc1-n1c(SCC(=O)NN=Cc2cccc(Br)c2)nc2ccccc2c1=O. The normalized spacial score (nSPS) is 11.2. The Morgan fingerprint density at radius 3 is 2.72 bits per heavy atom. The number of carbonyl (C=O) groups is 1. The fourth-order valence-electron chi connectivity index (χ4n) is 3.16. The van der Waals surface area contributed by atoms with Gasteiger partial charge >= 0.3 is 0 Å². The van der Waals surface area contributed by atoms with E-state index in [1.54, 1.807) is 22.9 Å². The van der Waals surface area contributed by atoms with E-state index >= 15 is 0 Å². The van der Waals surface area contributed by atoms with Crippen molar-refractivity contribution >= 4 is 50.7 Å². The molecule has 0 fully saturated rings. The van der Waals surface area contributed by atoms with Gasteiger partial charge in [-0.2, -0.15) is 5.10 Å². The summed E-state index contributed by atoms with van der Waals surface area (Å²) < 4.78 is 2.50. The van der Waals surface area contributed by atoms with Crippen LogP contribution in [0.25, 0.3) is 16.6 Å². The molecule has 0 spiro atoms. The molecule has 32 heavy (non-hydrogen) atoms. The molecule has 8 heteroatoms. The molecule has 4 aromatic rings. The number of hydrogen-bond donors (Lipinski definition) is 1. The summed E-state index contributed by atoms with van der Waals surface area (Å²) in [6, 6.07) is 22.4. The van der Waals surface area contributed by atoms with Crippen molar-refractivity contribution in [1.29, 1.82) is 0 Å². The van der Waals surface area contributed by atoms with Gasteiger partial charge in [0.05, 0.1) is 28.6 Å². The zero-order valence-corrected chi connectivity index (χ0v) is 19.6. The second kappa shape index (κ2) is 9.93. The highest BCUT2D eigenvalue weighted by Gasteiger charge is 2.15. The maximum Gasteiger partial charge on any atom is 0.266 e. The topological polar surface area (TPSA) is 76.3 Å². The highest BCUT2D eigenvalue weighted by molar-refractivity contribution is 9.10. The molecule has 1 amide bonds. The van der Waals surface area contributed by atoms with Gasteiger partial charge in [-0.15, -0.1) is 0 Å². The summed E-state index contributed by atoms with van der Waals surface area (Å²) in [5, 5.41) is 4.99. The summed E-state index contributed by atoms with van der Waals surface area (Å²) >= 11 is 4.60. The molecule has 0 aliphatic carbocycles. The predicted octanol–water partition coefficient (Wildman–Crippen LogP) is 4.70. The summed E-state index contributed by atoms with van der Waals surface area (Å²) in [5.74, 6) is -0.230. The second-order valence-electron chi connectivity index (χ2n) is 6.98. The summed E-state index contributed by atoms with van der Waals surface area (Å²) in [6.07, 6.45) is 1.57. The van der Waals surface area contributed by atoms with Crippen LogP contribution < -0.4 is 11.0 Å². The maximum absolute atomic E-state index is 13.3. The Hall–Kier alpha value is -3.23. The fraction of sp³-hybridized carbons (Fsp3) is 0.0833. The minimum atomic E-state index is -0.292. The molecular weight excluding hydrogens is 488 g/mol. The lowest BCUT2D eigenvalue weighted by Gasteiger charge is -2.14. The number of nitrogens with zero attached hydrogens (tertiary/aromatic N) is 3. The van der Waals surface area contributed by atoms with Gasteiger partial charge in [-0.25, -0.2) is 10.4 Å². The van der Waals surface area contributed by atoms with Crippen molar-refractivity contribution in [2.24, 2.45) is 5.10 Å². The molecule has 0 saturated heterocycles. The molecule has 0 unspecified atom stereocenters. The molecule has 0 atom stereocenters. The number of aryl methyl sites for hydroxylation is 1. The Labute approximate surface area is 197 Å². The molecule has 0 bridgehead atoms. The molecule has 6 nitrogen and oxygen atoms in total.